The Labute approximate surface area is 103 Å². The van der Waals surface area contributed by atoms with Gasteiger partial charge in [-0.1, -0.05) is 6.92 Å². The van der Waals surface area contributed by atoms with Crippen LogP contribution < -0.4 is 10.6 Å². The molecule has 1 fully saturated rings. The van der Waals surface area contributed by atoms with Gasteiger partial charge in [-0.15, -0.1) is 11.8 Å². The van der Waals surface area contributed by atoms with Crippen molar-refractivity contribution in [2.45, 2.75) is 13.0 Å². The van der Waals surface area contributed by atoms with E-state index in [0.717, 1.165) is 51.8 Å². The second kappa shape index (κ2) is 9.24. The smallest absolute Gasteiger partial charge is 0.0826 e. The predicted molar refractivity (Wildman–Crippen MR) is 71.1 cm³/mol. The van der Waals surface area contributed by atoms with Gasteiger partial charge in [0.05, 0.1) is 12.7 Å². The lowest BCUT2D eigenvalue weighted by molar-refractivity contribution is -0.0261. The summed E-state index contributed by atoms with van der Waals surface area (Å²) in [5, 5.41) is 6.75. The fourth-order valence-electron chi connectivity index (χ4n) is 1.82. The lowest BCUT2D eigenvalue weighted by Gasteiger charge is -2.33. The minimum absolute atomic E-state index is 0.370. The first-order valence-electron chi connectivity index (χ1n) is 6.11. The zero-order valence-corrected chi connectivity index (χ0v) is 11.3. The van der Waals surface area contributed by atoms with Gasteiger partial charge in [0.25, 0.3) is 0 Å². The fraction of sp³-hybridized carbons (Fsp3) is 1.00. The van der Waals surface area contributed by atoms with Gasteiger partial charge in [0.15, 0.2) is 0 Å². The number of rotatable bonds is 8. The number of morpholine rings is 1. The predicted octanol–water partition coefficient (Wildman–Crippen LogP) is 0.207. The van der Waals surface area contributed by atoms with Crippen LogP contribution in [0, 0.1) is 0 Å². The molecule has 0 aromatic heterocycles. The largest absolute Gasteiger partial charge is 0.374 e. The van der Waals surface area contributed by atoms with E-state index in [1.807, 2.05) is 11.8 Å². The molecule has 0 aromatic carbocycles. The summed E-state index contributed by atoms with van der Waals surface area (Å²) in [4.78, 5) is 2.48. The van der Waals surface area contributed by atoms with Crippen LogP contribution in [-0.2, 0) is 4.74 Å². The molecule has 0 bridgehead atoms. The summed E-state index contributed by atoms with van der Waals surface area (Å²) >= 11 is 1.84. The molecule has 5 heteroatoms. The highest BCUT2D eigenvalue weighted by Gasteiger charge is 2.19. The van der Waals surface area contributed by atoms with Crippen molar-refractivity contribution in [3.63, 3.8) is 0 Å². The monoisotopic (exact) mass is 247 g/mol. The van der Waals surface area contributed by atoms with Crippen molar-refractivity contribution in [1.82, 2.24) is 15.5 Å². The summed E-state index contributed by atoms with van der Waals surface area (Å²) in [5.74, 6) is 1.05. The van der Waals surface area contributed by atoms with Gasteiger partial charge in [0, 0.05) is 38.6 Å². The second-order valence-corrected chi connectivity index (χ2v) is 4.90. The number of thioether (sulfide) groups is 1. The molecule has 0 amide bonds. The average molecular weight is 247 g/mol. The van der Waals surface area contributed by atoms with Crippen molar-refractivity contribution < 1.29 is 4.74 Å². The van der Waals surface area contributed by atoms with E-state index in [9.17, 15) is 0 Å². The minimum Gasteiger partial charge on any atom is -0.374 e. The van der Waals surface area contributed by atoms with Crippen LogP contribution in [0.2, 0.25) is 0 Å². The van der Waals surface area contributed by atoms with Gasteiger partial charge in [0.1, 0.15) is 0 Å². The Hall–Kier alpha value is 0.190. The lowest BCUT2D eigenvalue weighted by atomic mass is 10.2. The van der Waals surface area contributed by atoms with Gasteiger partial charge >= 0.3 is 0 Å². The highest BCUT2D eigenvalue weighted by Crippen LogP contribution is 2.03. The Kier molecular flexibility index (Phi) is 8.23. The van der Waals surface area contributed by atoms with Gasteiger partial charge in [0.2, 0.25) is 0 Å². The van der Waals surface area contributed by atoms with Gasteiger partial charge in [-0.2, -0.15) is 0 Å². The molecule has 1 saturated heterocycles. The molecule has 0 spiro atoms. The first-order chi connectivity index (χ1) is 7.86. The van der Waals surface area contributed by atoms with Gasteiger partial charge in [-0.25, -0.2) is 0 Å². The fourth-order valence-corrected chi connectivity index (χ4v) is 2.17. The number of nitrogens with one attached hydrogen (secondary N) is 2. The maximum atomic E-state index is 5.71. The first kappa shape index (κ1) is 14.3. The molecular formula is C11H25N3OS. The van der Waals surface area contributed by atoms with Crippen LogP contribution in [0.25, 0.3) is 0 Å². The van der Waals surface area contributed by atoms with Crippen molar-refractivity contribution in [3.05, 3.63) is 0 Å². The molecule has 0 saturated carbocycles. The van der Waals surface area contributed by atoms with E-state index < -0.39 is 0 Å². The lowest BCUT2D eigenvalue weighted by Crippen LogP contribution is -2.48. The Morgan fingerprint density at radius 3 is 3.06 bits per heavy atom. The SMILES string of the molecule is CCNC[C@H]1CN(CCNCSC)CCO1. The van der Waals surface area contributed by atoms with Crippen LogP contribution in [0.5, 0.6) is 0 Å². The van der Waals surface area contributed by atoms with E-state index in [-0.39, 0.29) is 0 Å². The van der Waals surface area contributed by atoms with Crippen molar-refractivity contribution in [1.29, 1.82) is 0 Å². The summed E-state index contributed by atoms with van der Waals surface area (Å²) in [6, 6.07) is 0. The Balaban J connectivity index is 2.07. The molecule has 1 aliphatic heterocycles. The molecule has 16 heavy (non-hydrogen) atoms. The molecule has 0 unspecified atom stereocenters. The molecule has 0 aromatic rings. The molecule has 2 N–H and O–H groups in total. The normalized spacial score (nSPS) is 22.5. The van der Waals surface area contributed by atoms with E-state index in [4.69, 9.17) is 4.74 Å². The summed E-state index contributed by atoms with van der Waals surface area (Å²) in [6.45, 7) is 9.35. The molecule has 1 atom stereocenters. The topological polar surface area (TPSA) is 36.5 Å². The highest BCUT2D eigenvalue weighted by molar-refractivity contribution is 7.98. The van der Waals surface area contributed by atoms with Crippen molar-refractivity contribution in [2.75, 3.05) is 58.0 Å². The van der Waals surface area contributed by atoms with Crippen LogP contribution in [0.4, 0.5) is 0 Å². The maximum Gasteiger partial charge on any atom is 0.0826 e. The molecule has 1 aliphatic rings. The Morgan fingerprint density at radius 2 is 2.31 bits per heavy atom. The van der Waals surface area contributed by atoms with Crippen molar-refractivity contribution >= 4 is 11.8 Å². The number of hydrogen-bond acceptors (Lipinski definition) is 5. The van der Waals surface area contributed by atoms with Crippen molar-refractivity contribution in [3.8, 4) is 0 Å². The standard InChI is InChI=1S/C11H25N3OS/c1-3-12-8-11-9-14(6-7-15-11)5-4-13-10-16-2/h11-13H,3-10H2,1-2H3/t11-/m0/s1. The van der Waals surface area contributed by atoms with E-state index in [1.54, 1.807) is 0 Å². The van der Waals surface area contributed by atoms with Crippen LogP contribution >= 0.6 is 11.8 Å². The van der Waals surface area contributed by atoms with Gasteiger partial charge in [-0.3, -0.25) is 4.90 Å². The quantitative estimate of drug-likeness (QED) is 0.474. The Bertz CT molecular complexity index is 171. The first-order valence-corrected chi connectivity index (χ1v) is 7.50. The van der Waals surface area contributed by atoms with E-state index in [1.165, 1.54) is 0 Å². The Morgan fingerprint density at radius 1 is 1.44 bits per heavy atom. The molecular weight excluding hydrogens is 222 g/mol. The third-order valence-corrected chi connectivity index (χ3v) is 3.19. The van der Waals surface area contributed by atoms with Crippen LogP contribution in [0.15, 0.2) is 0 Å². The van der Waals surface area contributed by atoms with Crippen molar-refractivity contribution in [2.24, 2.45) is 0 Å². The zero-order valence-electron chi connectivity index (χ0n) is 10.5. The maximum absolute atomic E-state index is 5.71. The van der Waals surface area contributed by atoms with Gasteiger partial charge in [-0.05, 0) is 12.8 Å². The average Bonchev–Trinajstić information content (AvgIpc) is 2.33. The van der Waals surface area contributed by atoms with E-state index >= 15 is 0 Å². The van der Waals surface area contributed by atoms with Crippen LogP contribution in [-0.4, -0.2) is 69.0 Å². The van der Waals surface area contributed by atoms with Crippen LogP contribution in [0.3, 0.4) is 0 Å². The number of hydrogen-bond donors (Lipinski definition) is 2. The highest BCUT2D eigenvalue weighted by atomic mass is 32.2. The third-order valence-electron chi connectivity index (χ3n) is 2.70. The third kappa shape index (κ3) is 6.06. The van der Waals surface area contributed by atoms with Gasteiger partial charge < -0.3 is 15.4 Å². The number of ether oxygens (including phenoxy) is 1. The number of likely N-dealkylation sites (N-methyl/N-ethyl adjacent to an activating group) is 1. The molecule has 96 valence electrons. The second-order valence-electron chi connectivity index (χ2n) is 4.03. The minimum atomic E-state index is 0.370. The summed E-state index contributed by atoms with van der Waals surface area (Å²) in [5.41, 5.74) is 0. The molecule has 0 radical (unpaired) electrons. The number of nitrogens with zero attached hydrogens (tertiary/aromatic N) is 1. The zero-order chi connectivity index (χ0) is 11.6. The summed E-state index contributed by atoms with van der Waals surface area (Å²) < 4.78 is 5.71. The molecule has 0 aliphatic carbocycles. The molecule has 1 rings (SSSR count). The molecule has 1 heterocycles. The summed E-state index contributed by atoms with van der Waals surface area (Å²) in [7, 11) is 0. The molecule has 4 nitrogen and oxygen atoms in total. The van der Waals surface area contributed by atoms with E-state index in [2.05, 4.69) is 28.7 Å². The van der Waals surface area contributed by atoms with E-state index in [0.29, 0.717) is 6.10 Å². The summed E-state index contributed by atoms with van der Waals surface area (Å²) in [6.07, 6.45) is 2.49. The van der Waals surface area contributed by atoms with Crippen LogP contribution in [0.1, 0.15) is 6.92 Å².